The van der Waals surface area contributed by atoms with E-state index in [9.17, 15) is 9.90 Å². The van der Waals surface area contributed by atoms with Crippen LogP contribution in [-0.4, -0.2) is 72.7 Å². The van der Waals surface area contributed by atoms with Gasteiger partial charge in [-0.3, -0.25) is 9.69 Å². The number of rotatable bonds is 2. The molecule has 1 amide bonds. The average molecular weight is 213 g/mol. The molecule has 0 aromatic carbocycles. The van der Waals surface area contributed by atoms with Crippen LogP contribution < -0.4 is 5.32 Å². The molecule has 0 unspecified atom stereocenters. The van der Waals surface area contributed by atoms with Crippen molar-refractivity contribution in [3.8, 4) is 0 Å². The molecule has 0 aliphatic carbocycles. The largest absolute Gasteiger partial charge is 0.391 e. The molecule has 86 valence electrons. The summed E-state index contributed by atoms with van der Waals surface area (Å²) in [4.78, 5) is 15.8. The highest BCUT2D eigenvalue weighted by atomic mass is 16.3. The summed E-state index contributed by atoms with van der Waals surface area (Å²) in [7, 11) is 0. The summed E-state index contributed by atoms with van der Waals surface area (Å²) in [6, 6.07) is 0. The number of hydrogen-bond acceptors (Lipinski definition) is 4. The number of carbonyl (C=O) groups excluding carboxylic acids is 1. The van der Waals surface area contributed by atoms with E-state index in [1.165, 1.54) is 0 Å². The Hall–Kier alpha value is -0.650. The molecule has 2 N–H and O–H groups in total. The zero-order valence-corrected chi connectivity index (χ0v) is 8.98. The molecule has 15 heavy (non-hydrogen) atoms. The second-order valence-electron chi connectivity index (χ2n) is 4.31. The number of β-amino-alcohol motifs (C(OH)–C–C–N with tert-alkyl or cyclic N) is 1. The van der Waals surface area contributed by atoms with Crippen molar-refractivity contribution < 1.29 is 9.90 Å². The van der Waals surface area contributed by atoms with Gasteiger partial charge in [0, 0.05) is 39.3 Å². The zero-order chi connectivity index (χ0) is 10.7. The summed E-state index contributed by atoms with van der Waals surface area (Å²) in [5.41, 5.74) is 0. The van der Waals surface area contributed by atoms with Crippen LogP contribution in [0.3, 0.4) is 0 Å². The number of aliphatic hydroxyl groups is 1. The molecule has 5 heteroatoms. The number of nitrogens with zero attached hydrogens (tertiary/aromatic N) is 2. The molecule has 1 atom stereocenters. The van der Waals surface area contributed by atoms with E-state index in [0.717, 1.165) is 32.6 Å². The highest BCUT2D eigenvalue weighted by molar-refractivity contribution is 5.78. The second kappa shape index (κ2) is 4.92. The van der Waals surface area contributed by atoms with Crippen molar-refractivity contribution in [1.82, 2.24) is 15.1 Å². The van der Waals surface area contributed by atoms with Gasteiger partial charge >= 0.3 is 0 Å². The summed E-state index contributed by atoms with van der Waals surface area (Å²) in [6.45, 7) is 5.57. The van der Waals surface area contributed by atoms with E-state index in [1.807, 2.05) is 0 Å². The summed E-state index contributed by atoms with van der Waals surface area (Å²) >= 11 is 0. The number of likely N-dealkylation sites (tertiary alicyclic amines) is 1. The maximum absolute atomic E-state index is 11.8. The van der Waals surface area contributed by atoms with Gasteiger partial charge < -0.3 is 15.3 Å². The van der Waals surface area contributed by atoms with Crippen LogP contribution in [0.25, 0.3) is 0 Å². The predicted molar refractivity (Wildman–Crippen MR) is 56.5 cm³/mol. The lowest BCUT2D eigenvalue weighted by molar-refractivity contribution is -0.131. The molecular formula is C10H19N3O2. The van der Waals surface area contributed by atoms with Crippen LogP contribution in [0.2, 0.25) is 0 Å². The Morgan fingerprint density at radius 2 is 2.07 bits per heavy atom. The lowest BCUT2D eigenvalue weighted by Gasteiger charge is -2.28. The van der Waals surface area contributed by atoms with Crippen molar-refractivity contribution in [3.63, 3.8) is 0 Å². The van der Waals surface area contributed by atoms with Gasteiger partial charge in [-0.25, -0.2) is 0 Å². The maximum atomic E-state index is 11.8. The SMILES string of the molecule is O=C(CN1CCNCC1)N1CC[C@@H](O)C1. The van der Waals surface area contributed by atoms with E-state index in [0.29, 0.717) is 19.6 Å². The Morgan fingerprint density at radius 1 is 1.33 bits per heavy atom. The number of amides is 1. The number of carbonyl (C=O) groups is 1. The van der Waals surface area contributed by atoms with E-state index in [1.54, 1.807) is 4.90 Å². The molecule has 2 fully saturated rings. The van der Waals surface area contributed by atoms with Crippen molar-refractivity contribution in [2.75, 3.05) is 45.8 Å². The summed E-state index contributed by atoms with van der Waals surface area (Å²) < 4.78 is 0. The minimum Gasteiger partial charge on any atom is -0.391 e. The fourth-order valence-electron chi connectivity index (χ4n) is 2.13. The molecule has 0 spiro atoms. The van der Waals surface area contributed by atoms with Gasteiger partial charge in [-0.05, 0) is 6.42 Å². The maximum Gasteiger partial charge on any atom is 0.236 e. The number of hydrogen-bond donors (Lipinski definition) is 2. The molecular weight excluding hydrogens is 194 g/mol. The highest BCUT2D eigenvalue weighted by Gasteiger charge is 2.25. The average Bonchev–Trinajstić information content (AvgIpc) is 2.66. The third-order valence-corrected chi connectivity index (χ3v) is 3.08. The first-order valence-corrected chi connectivity index (χ1v) is 5.64. The van der Waals surface area contributed by atoms with Crippen molar-refractivity contribution in [2.24, 2.45) is 0 Å². The smallest absolute Gasteiger partial charge is 0.236 e. The molecule has 0 saturated carbocycles. The monoisotopic (exact) mass is 213 g/mol. The first-order valence-electron chi connectivity index (χ1n) is 5.64. The third-order valence-electron chi connectivity index (χ3n) is 3.08. The first kappa shape index (κ1) is 10.9. The lowest BCUT2D eigenvalue weighted by Crippen LogP contribution is -2.48. The van der Waals surface area contributed by atoms with Gasteiger partial charge in [0.25, 0.3) is 0 Å². The van der Waals surface area contributed by atoms with Crippen LogP contribution in [0.1, 0.15) is 6.42 Å². The molecule has 0 bridgehead atoms. The Morgan fingerprint density at radius 3 is 2.67 bits per heavy atom. The molecule has 0 aromatic rings. The molecule has 2 aliphatic rings. The summed E-state index contributed by atoms with van der Waals surface area (Å²) in [5.74, 6) is 0.161. The lowest BCUT2D eigenvalue weighted by atomic mass is 10.3. The Bertz CT molecular complexity index is 229. The molecule has 0 aromatic heterocycles. The molecule has 5 nitrogen and oxygen atoms in total. The van der Waals surface area contributed by atoms with Crippen LogP contribution in [0.4, 0.5) is 0 Å². The second-order valence-corrected chi connectivity index (χ2v) is 4.31. The summed E-state index contributed by atoms with van der Waals surface area (Å²) in [6.07, 6.45) is 0.421. The number of nitrogens with one attached hydrogen (secondary N) is 1. The molecule has 0 radical (unpaired) electrons. The Balaban J connectivity index is 1.76. The summed E-state index contributed by atoms with van der Waals surface area (Å²) in [5, 5.41) is 12.6. The predicted octanol–water partition coefficient (Wildman–Crippen LogP) is -1.52. The molecule has 2 rings (SSSR count). The quantitative estimate of drug-likeness (QED) is 0.585. The van der Waals surface area contributed by atoms with Crippen molar-refractivity contribution >= 4 is 5.91 Å². The van der Waals surface area contributed by atoms with Gasteiger partial charge in [0.05, 0.1) is 12.6 Å². The first-order chi connectivity index (χ1) is 7.25. The van der Waals surface area contributed by atoms with E-state index in [-0.39, 0.29) is 12.0 Å². The van der Waals surface area contributed by atoms with Crippen molar-refractivity contribution in [1.29, 1.82) is 0 Å². The standard InChI is InChI=1S/C10H19N3O2/c14-9-1-4-13(7-9)10(15)8-12-5-2-11-3-6-12/h9,11,14H,1-8H2/t9-/m1/s1. The van der Waals surface area contributed by atoms with Crippen molar-refractivity contribution in [2.45, 2.75) is 12.5 Å². The number of aliphatic hydroxyl groups excluding tert-OH is 1. The van der Waals surface area contributed by atoms with Gasteiger partial charge in [-0.2, -0.15) is 0 Å². The van der Waals surface area contributed by atoms with Crippen LogP contribution >= 0.6 is 0 Å². The molecule has 2 aliphatic heterocycles. The van der Waals surface area contributed by atoms with Gasteiger partial charge in [-0.15, -0.1) is 0 Å². The topological polar surface area (TPSA) is 55.8 Å². The molecule has 2 heterocycles. The zero-order valence-electron chi connectivity index (χ0n) is 8.98. The minimum absolute atomic E-state index is 0.161. The van der Waals surface area contributed by atoms with Crippen LogP contribution in [-0.2, 0) is 4.79 Å². The van der Waals surface area contributed by atoms with E-state index >= 15 is 0 Å². The third kappa shape index (κ3) is 2.90. The fourth-order valence-corrected chi connectivity index (χ4v) is 2.13. The normalized spacial score (nSPS) is 28.3. The van der Waals surface area contributed by atoms with Gasteiger partial charge in [-0.1, -0.05) is 0 Å². The van der Waals surface area contributed by atoms with Crippen LogP contribution in [0.5, 0.6) is 0 Å². The number of piperazine rings is 1. The Kier molecular flexibility index (Phi) is 3.56. The van der Waals surface area contributed by atoms with Crippen LogP contribution in [0.15, 0.2) is 0 Å². The highest BCUT2D eigenvalue weighted by Crippen LogP contribution is 2.09. The fraction of sp³-hybridized carbons (Fsp3) is 0.900. The van der Waals surface area contributed by atoms with Gasteiger partial charge in [0.15, 0.2) is 0 Å². The van der Waals surface area contributed by atoms with Crippen LogP contribution in [0, 0.1) is 0 Å². The van der Waals surface area contributed by atoms with Gasteiger partial charge in [0.1, 0.15) is 0 Å². The Labute approximate surface area is 90.0 Å². The van der Waals surface area contributed by atoms with E-state index in [2.05, 4.69) is 10.2 Å². The van der Waals surface area contributed by atoms with Crippen molar-refractivity contribution in [3.05, 3.63) is 0 Å². The van der Waals surface area contributed by atoms with E-state index < -0.39 is 0 Å². The molecule has 2 saturated heterocycles. The van der Waals surface area contributed by atoms with Gasteiger partial charge in [0.2, 0.25) is 5.91 Å². The minimum atomic E-state index is -0.308. The van der Waals surface area contributed by atoms with E-state index in [4.69, 9.17) is 0 Å².